The van der Waals surface area contributed by atoms with Gasteiger partial charge in [0.2, 0.25) is 5.79 Å². The van der Waals surface area contributed by atoms with Crippen LogP contribution in [0.5, 0.6) is 0 Å². The highest BCUT2D eigenvalue weighted by Gasteiger charge is 2.53. The van der Waals surface area contributed by atoms with Crippen LogP contribution in [0.1, 0.15) is 126 Å². The van der Waals surface area contributed by atoms with Gasteiger partial charge in [0.1, 0.15) is 18.2 Å². The number of carbonyl (C=O) groups excluding carboxylic acids is 5. The van der Waals surface area contributed by atoms with Gasteiger partial charge in [-0.1, -0.05) is 71.1 Å². The Hall–Kier alpha value is -3.37. The van der Waals surface area contributed by atoms with Crippen molar-refractivity contribution in [2.75, 3.05) is 27.9 Å². The van der Waals surface area contributed by atoms with E-state index in [4.69, 9.17) is 23.7 Å². The number of cyclic esters (lactones) is 1. The summed E-state index contributed by atoms with van der Waals surface area (Å²) in [7, 11) is 4.53. The minimum absolute atomic E-state index is 0.0220. The normalized spacial score (nSPS) is 37.8. The number of ketones is 3. The molecule has 4 rings (SSSR count). The molecule has 0 aromatic heterocycles. The molecule has 14 heteroatoms. The first-order valence-corrected chi connectivity index (χ1v) is 23.9. The van der Waals surface area contributed by atoms with E-state index in [9.17, 15) is 39.3 Å². The Bertz CT molecular complexity index is 1760. The molecule has 14 nitrogen and oxygen atoms in total. The molecule has 1 aliphatic carbocycles. The molecule has 3 aliphatic heterocycles. The Balaban J connectivity index is 1.70. The standard InChI is InChI=1S/C51H79NO13/c1-30-16-12-11-13-17-31(2)42(61-8)28-38-21-19-36(7)51(60,65-38)48(57)49(58)52-23-15-14-18-39(52)50(59)64-43(33(4)26-37-20-22-40(53)44(27-37)62-9)29-41(54)32(3)25-35(6)46(56)47(63-10)45(55)34(5)24-30/h11-13,16-17,25,30,33-40,42-44,46-47,53,56,60H,14-15,18-24,26-29H2,1-10H3/t30-,33-,34-,35?,36-,37?,38+,39+,40?,42+,43?,44-,46-,47+,51-/m1/s1. The summed E-state index contributed by atoms with van der Waals surface area (Å²) in [5, 5.41) is 33.9. The lowest BCUT2D eigenvalue weighted by atomic mass is 9.78. The summed E-state index contributed by atoms with van der Waals surface area (Å²) >= 11 is 0. The van der Waals surface area contributed by atoms with E-state index in [2.05, 4.69) is 0 Å². The van der Waals surface area contributed by atoms with Crippen LogP contribution in [0.15, 0.2) is 47.6 Å². The topological polar surface area (TPSA) is 195 Å². The summed E-state index contributed by atoms with van der Waals surface area (Å²) in [6.07, 6.45) is 11.2. The summed E-state index contributed by atoms with van der Waals surface area (Å²) in [4.78, 5) is 71.7. The number of methoxy groups -OCH3 is 3. The summed E-state index contributed by atoms with van der Waals surface area (Å²) in [6.45, 7) is 12.7. The maximum absolute atomic E-state index is 14.4. The molecule has 2 saturated heterocycles. The lowest BCUT2D eigenvalue weighted by Crippen LogP contribution is -2.61. The zero-order valence-corrected chi connectivity index (χ0v) is 40.6. The highest BCUT2D eigenvalue weighted by Crippen LogP contribution is 2.38. The second kappa shape index (κ2) is 25.1. The summed E-state index contributed by atoms with van der Waals surface area (Å²) in [5.74, 6) is -7.93. The minimum atomic E-state index is -2.43. The number of allylic oxidation sites excluding steroid dienone is 6. The van der Waals surface area contributed by atoms with Crippen molar-refractivity contribution in [1.82, 2.24) is 4.90 Å². The van der Waals surface area contributed by atoms with E-state index in [0.29, 0.717) is 63.4 Å². The fourth-order valence-corrected chi connectivity index (χ4v) is 10.1. The molecule has 0 radical (unpaired) electrons. The molecule has 0 aromatic carbocycles. The summed E-state index contributed by atoms with van der Waals surface area (Å²) in [6, 6.07) is -1.14. The number of esters is 1. The Kier molecular flexibility index (Phi) is 21.0. The van der Waals surface area contributed by atoms with E-state index in [-0.39, 0.29) is 54.8 Å². The SMILES string of the molecule is CO[C@H]1C[C@@H]2CC[C@@H](C)[C@@](O)(O2)C(=O)C(=O)N2CCCC[C@H]2C(=O)OC([C@H](C)CC2CCC(O)[C@H](OC)C2)CC(=O)C(C)=CC(C)[C@@H](O)[C@@H](OC)C(=O)[C@H](C)C[C@H](C)C=CC=CC=C1C. The second-order valence-electron chi connectivity index (χ2n) is 19.6. The van der Waals surface area contributed by atoms with Crippen molar-refractivity contribution in [3.8, 4) is 0 Å². The molecule has 0 spiro atoms. The van der Waals surface area contributed by atoms with Gasteiger partial charge in [0.15, 0.2) is 11.6 Å². The summed E-state index contributed by atoms with van der Waals surface area (Å²) in [5.41, 5.74) is 1.19. The van der Waals surface area contributed by atoms with Crippen molar-refractivity contribution in [1.29, 1.82) is 0 Å². The number of hydrogen-bond donors (Lipinski definition) is 3. The molecule has 65 heavy (non-hydrogen) atoms. The molecule has 2 bridgehead atoms. The van der Waals surface area contributed by atoms with Gasteiger partial charge >= 0.3 is 5.97 Å². The smallest absolute Gasteiger partial charge is 0.329 e. The molecule has 366 valence electrons. The number of hydrogen-bond acceptors (Lipinski definition) is 13. The molecule has 1 saturated carbocycles. The highest BCUT2D eigenvalue weighted by atomic mass is 16.6. The summed E-state index contributed by atoms with van der Waals surface area (Å²) < 4.78 is 29.4. The number of aliphatic hydroxyl groups is 3. The predicted octanol–water partition coefficient (Wildman–Crippen LogP) is 6.18. The van der Waals surface area contributed by atoms with Crippen LogP contribution in [-0.4, -0.2) is 132 Å². The molecule has 4 aliphatic rings. The zero-order valence-electron chi connectivity index (χ0n) is 40.6. The molecule has 3 heterocycles. The quantitative estimate of drug-likeness (QED) is 0.202. The number of aliphatic hydroxyl groups excluding tert-OH is 2. The number of rotatable bonds is 6. The van der Waals surface area contributed by atoms with Crippen LogP contribution in [0.3, 0.4) is 0 Å². The molecule has 1 amide bonds. The van der Waals surface area contributed by atoms with Crippen LogP contribution >= 0.6 is 0 Å². The van der Waals surface area contributed by atoms with Gasteiger partial charge in [-0.25, -0.2) is 4.79 Å². The minimum Gasteiger partial charge on any atom is -0.460 e. The molecular formula is C51H79NO13. The third-order valence-corrected chi connectivity index (χ3v) is 14.5. The number of ether oxygens (including phenoxy) is 5. The van der Waals surface area contributed by atoms with E-state index >= 15 is 0 Å². The van der Waals surface area contributed by atoms with E-state index in [0.717, 1.165) is 12.0 Å². The number of fused-ring (bicyclic) bond motifs is 3. The predicted molar refractivity (Wildman–Crippen MR) is 245 cm³/mol. The number of piperidine rings is 1. The van der Waals surface area contributed by atoms with Gasteiger partial charge in [-0.2, -0.15) is 0 Å². The Labute approximate surface area is 387 Å². The second-order valence-corrected chi connectivity index (χ2v) is 19.6. The highest BCUT2D eigenvalue weighted by molar-refractivity contribution is 6.39. The first kappa shape index (κ1) is 54.2. The monoisotopic (exact) mass is 914 g/mol. The van der Waals surface area contributed by atoms with Gasteiger partial charge < -0.3 is 43.9 Å². The molecule has 4 unspecified atom stereocenters. The van der Waals surface area contributed by atoms with Crippen LogP contribution in [0, 0.1) is 35.5 Å². The average Bonchev–Trinajstić information content (AvgIpc) is 3.28. The van der Waals surface area contributed by atoms with Crippen molar-refractivity contribution in [3.05, 3.63) is 47.6 Å². The Morgan fingerprint density at radius 3 is 2.26 bits per heavy atom. The fourth-order valence-electron chi connectivity index (χ4n) is 10.1. The zero-order chi connectivity index (χ0) is 48.2. The van der Waals surface area contributed by atoms with Crippen molar-refractivity contribution in [2.24, 2.45) is 35.5 Å². The van der Waals surface area contributed by atoms with Crippen molar-refractivity contribution < 1.29 is 63.0 Å². The first-order valence-electron chi connectivity index (χ1n) is 23.9. The number of carbonyl (C=O) groups is 5. The number of Topliss-reactive ketones (excluding diaryl/α,β-unsaturated/α-hetero) is 3. The van der Waals surface area contributed by atoms with Crippen LogP contribution in [0.2, 0.25) is 0 Å². The van der Waals surface area contributed by atoms with Gasteiger partial charge in [-0.3, -0.25) is 19.2 Å². The maximum Gasteiger partial charge on any atom is 0.329 e. The Morgan fingerprint density at radius 1 is 0.862 bits per heavy atom. The lowest BCUT2D eigenvalue weighted by molar-refractivity contribution is -0.265. The van der Waals surface area contributed by atoms with Crippen LogP contribution in [-0.2, 0) is 47.7 Å². The van der Waals surface area contributed by atoms with E-state index in [1.54, 1.807) is 41.1 Å². The van der Waals surface area contributed by atoms with Crippen LogP contribution < -0.4 is 0 Å². The lowest BCUT2D eigenvalue weighted by Gasteiger charge is -2.42. The Morgan fingerprint density at radius 2 is 1.58 bits per heavy atom. The number of amides is 1. The van der Waals surface area contributed by atoms with Crippen molar-refractivity contribution >= 4 is 29.2 Å². The number of nitrogens with zero attached hydrogens (tertiary/aromatic N) is 1. The molecule has 3 N–H and O–H groups in total. The van der Waals surface area contributed by atoms with E-state index < -0.39 is 83.9 Å². The first-order chi connectivity index (χ1) is 30.7. The van der Waals surface area contributed by atoms with E-state index in [1.165, 1.54) is 12.0 Å². The van der Waals surface area contributed by atoms with E-state index in [1.807, 2.05) is 58.1 Å². The average molecular weight is 914 g/mol. The molecule has 15 atom stereocenters. The molecule has 0 aromatic rings. The largest absolute Gasteiger partial charge is 0.460 e. The fraction of sp³-hybridized carbons (Fsp3) is 0.745. The molecular weight excluding hydrogens is 835 g/mol. The van der Waals surface area contributed by atoms with Crippen molar-refractivity contribution in [3.63, 3.8) is 0 Å². The third-order valence-electron chi connectivity index (χ3n) is 14.5. The van der Waals surface area contributed by atoms with Gasteiger partial charge in [-0.05, 0) is 107 Å². The molecule has 3 fully saturated rings. The van der Waals surface area contributed by atoms with Gasteiger partial charge in [0.05, 0.1) is 30.5 Å². The van der Waals surface area contributed by atoms with Gasteiger partial charge in [0.25, 0.3) is 11.7 Å². The third kappa shape index (κ3) is 14.3. The van der Waals surface area contributed by atoms with Gasteiger partial charge in [-0.15, -0.1) is 0 Å². The van der Waals surface area contributed by atoms with Crippen molar-refractivity contribution in [2.45, 2.75) is 180 Å². The van der Waals surface area contributed by atoms with Crippen LogP contribution in [0.25, 0.3) is 0 Å². The maximum atomic E-state index is 14.4. The van der Waals surface area contributed by atoms with Gasteiger partial charge in [0, 0.05) is 58.5 Å². The van der Waals surface area contributed by atoms with Crippen LogP contribution in [0.4, 0.5) is 0 Å².